The van der Waals surface area contributed by atoms with E-state index >= 15 is 0 Å². The lowest BCUT2D eigenvalue weighted by Crippen LogP contribution is -2.56. The van der Waals surface area contributed by atoms with Crippen LogP contribution in [0.15, 0.2) is 53.9 Å². The molecule has 1 aromatic carbocycles. The summed E-state index contributed by atoms with van der Waals surface area (Å²) in [5, 5.41) is 20.4. The number of ketones is 3. The number of nitrogens with one attached hydrogen (secondary N) is 3. The van der Waals surface area contributed by atoms with Gasteiger partial charge in [0.15, 0.2) is 11.6 Å². The first-order chi connectivity index (χ1) is 22.3. The number of nitrogens with two attached hydrogens (primary N) is 1. The van der Waals surface area contributed by atoms with Gasteiger partial charge < -0.3 is 31.6 Å². The number of benzene rings is 1. The molecule has 0 aromatic heterocycles. The van der Waals surface area contributed by atoms with Gasteiger partial charge in [0.2, 0.25) is 11.8 Å². The van der Waals surface area contributed by atoms with Gasteiger partial charge in [0.1, 0.15) is 16.9 Å². The highest BCUT2D eigenvalue weighted by Gasteiger charge is 2.56. The van der Waals surface area contributed by atoms with Crippen molar-refractivity contribution in [3.8, 4) is 0 Å². The van der Waals surface area contributed by atoms with Crippen molar-refractivity contribution in [1.29, 1.82) is 0 Å². The van der Waals surface area contributed by atoms with Gasteiger partial charge in [0, 0.05) is 55.3 Å². The maximum Gasteiger partial charge on any atom is 0.223 e. The fourth-order valence-corrected chi connectivity index (χ4v) is 7.23. The molecule has 0 spiro atoms. The standard InChI is InChI=1S/C34H46N4O6.H5P3/c1-21(2)15-33(17-26(40)19-36-32(44)27(13-22(3)39)24-11-7-8-12-24)31(43)28(20-37-33)34(16-23-9-5-4-6-10-23)30(42)25(18-38-34)14-29(35)41;1-3-2/h4-6,9-10,18,20-21,24,26-27,37-38,40H,7-8,11-17,19H2,1-3H3,(H2,35,41)(H,36,44);3H,1-2H2/t26?,27-,33-,34-;/m0./s1. The summed E-state index contributed by atoms with van der Waals surface area (Å²) in [4.78, 5) is 65.1. The third-order valence-corrected chi connectivity index (χ3v) is 9.15. The van der Waals surface area contributed by atoms with Gasteiger partial charge in [-0.1, -0.05) is 65.0 Å². The van der Waals surface area contributed by atoms with Gasteiger partial charge in [-0.2, -0.15) is 0 Å². The van der Waals surface area contributed by atoms with Crippen LogP contribution in [0, 0.1) is 17.8 Å². The van der Waals surface area contributed by atoms with E-state index in [1.54, 1.807) is 6.20 Å². The van der Waals surface area contributed by atoms with Gasteiger partial charge in [0.25, 0.3) is 0 Å². The molecule has 1 saturated carbocycles. The average molecular weight is 705 g/mol. The van der Waals surface area contributed by atoms with E-state index in [0.717, 1.165) is 39.2 Å². The van der Waals surface area contributed by atoms with Crippen LogP contribution in [0.1, 0.15) is 77.7 Å². The fraction of sp³-hybridized carbons (Fsp3) is 0.559. The van der Waals surface area contributed by atoms with Crippen LogP contribution in [-0.2, 0) is 30.4 Å². The van der Waals surface area contributed by atoms with E-state index in [4.69, 9.17) is 5.73 Å². The molecule has 2 heterocycles. The molecule has 4 rings (SSSR count). The number of primary amides is 1. The van der Waals surface area contributed by atoms with Crippen LogP contribution >= 0.6 is 25.8 Å². The minimum absolute atomic E-state index is 0.00226. The number of carbonyl (C=O) groups excluding carboxylic acids is 5. The Hall–Kier alpha value is -2.50. The topological polar surface area (TPSA) is 168 Å². The smallest absolute Gasteiger partial charge is 0.223 e. The maximum absolute atomic E-state index is 14.4. The lowest BCUT2D eigenvalue weighted by atomic mass is 9.72. The van der Waals surface area contributed by atoms with Crippen LogP contribution in [-0.4, -0.2) is 58.0 Å². The highest BCUT2D eigenvalue weighted by Crippen LogP contribution is 2.40. The number of Topliss-reactive ketones (excluding diaryl/α,β-unsaturated/α-hetero) is 3. The number of amides is 2. The molecule has 258 valence electrons. The summed E-state index contributed by atoms with van der Waals surface area (Å²) >= 11 is 0. The Bertz CT molecular complexity index is 1360. The van der Waals surface area contributed by atoms with Crippen molar-refractivity contribution < 1.29 is 29.1 Å². The van der Waals surface area contributed by atoms with Gasteiger partial charge in [-0.25, -0.2) is 0 Å². The van der Waals surface area contributed by atoms with Crippen LogP contribution in [0.2, 0.25) is 0 Å². The van der Waals surface area contributed by atoms with E-state index in [0.29, 0.717) is 6.42 Å². The van der Waals surface area contributed by atoms with E-state index in [1.807, 2.05) is 44.2 Å². The van der Waals surface area contributed by atoms with Crippen molar-refractivity contribution >= 4 is 55.0 Å². The van der Waals surface area contributed by atoms with Gasteiger partial charge >= 0.3 is 0 Å². The molecule has 0 radical (unpaired) electrons. The van der Waals surface area contributed by atoms with Crippen LogP contribution in [0.5, 0.6) is 0 Å². The van der Waals surface area contributed by atoms with Gasteiger partial charge in [-0.05, 0) is 43.6 Å². The highest BCUT2D eigenvalue weighted by atomic mass is 32.4. The molecule has 1 aromatic rings. The average Bonchev–Trinajstić information content (AvgIpc) is 3.72. The Balaban J connectivity index is 0.00000192. The molecule has 47 heavy (non-hydrogen) atoms. The van der Waals surface area contributed by atoms with Crippen molar-refractivity contribution in [3.63, 3.8) is 0 Å². The normalized spacial score (nSPS) is 23.6. The van der Waals surface area contributed by atoms with Crippen LogP contribution in [0.4, 0.5) is 0 Å². The quantitative estimate of drug-likeness (QED) is 0.173. The molecule has 2 aliphatic heterocycles. The van der Waals surface area contributed by atoms with E-state index < -0.39 is 34.8 Å². The van der Waals surface area contributed by atoms with Gasteiger partial charge in [-0.15, -0.1) is 17.9 Å². The zero-order valence-corrected chi connectivity index (χ0v) is 31.0. The minimum atomic E-state index is -1.45. The zero-order chi connectivity index (χ0) is 34.8. The SMILES string of the molecule is CC(=O)C[C@H](C(=O)NCC(O)C[C@]1(CC(C)C)NC=C([C@]2(Cc3ccccc3)NC=C(CC(N)=O)C2=O)C1=O)C1CCCC1.PPP. The van der Waals surface area contributed by atoms with E-state index in [9.17, 15) is 29.1 Å². The summed E-state index contributed by atoms with van der Waals surface area (Å²) in [6, 6.07) is 9.31. The second kappa shape index (κ2) is 17.8. The summed E-state index contributed by atoms with van der Waals surface area (Å²) in [5.74, 6) is -1.86. The van der Waals surface area contributed by atoms with E-state index in [-0.39, 0.29) is 72.7 Å². The highest BCUT2D eigenvalue weighted by molar-refractivity contribution is 8.33. The Morgan fingerprint density at radius 2 is 1.68 bits per heavy atom. The first kappa shape index (κ1) is 38.9. The Kier molecular flexibility index (Phi) is 14.7. The molecule has 13 heteroatoms. The fourth-order valence-electron chi connectivity index (χ4n) is 7.23. The van der Waals surface area contributed by atoms with Crippen molar-refractivity contribution in [2.45, 2.75) is 95.7 Å². The largest absolute Gasteiger partial charge is 0.391 e. The molecule has 0 bridgehead atoms. The molecular formula is C34H51N4O6P3. The summed E-state index contributed by atoms with van der Waals surface area (Å²) in [6.07, 6.45) is 6.34. The maximum atomic E-state index is 14.4. The Morgan fingerprint density at radius 3 is 2.26 bits per heavy atom. The molecule has 0 saturated heterocycles. The summed E-state index contributed by atoms with van der Waals surface area (Å²) in [5.41, 5.74) is 3.99. The van der Waals surface area contributed by atoms with Crippen molar-refractivity contribution in [1.82, 2.24) is 16.0 Å². The van der Waals surface area contributed by atoms with Gasteiger partial charge in [-0.3, -0.25) is 19.2 Å². The predicted molar refractivity (Wildman–Crippen MR) is 193 cm³/mol. The number of hydrogen-bond acceptors (Lipinski definition) is 8. The zero-order valence-electron chi connectivity index (χ0n) is 27.6. The summed E-state index contributed by atoms with van der Waals surface area (Å²) < 4.78 is 0. The van der Waals surface area contributed by atoms with Crippen LogP contribution in [0.25, 0.3) is 0 Å². The van der Waals surface area contributed by atoms with Crippen molar-refractivity contribution in [2.24, 2.45) is 23.5 Å². The molecule has 6 N–H and O–H groups in total. The van der Waals surface area contributed by atoms with E-state index in [1.165, 1.54) is 13.1 Å². The molecule has 3 unspecified atom stereocenters. The molecule has 1 fully saturated rings. The number of carbonyl (C=O) groups is 5. The van der Waals surface area contributed by atoms with E-state index in [2.05, 4.69) is 33.8 Å². The van der Waals surface area contributed by atoms with Crippen LogP contribution in [0.3, 0.4) is 0 Å². The second-order valence-corrected chi connectivity index (χ2v) is 17.7. The number of aliphatic hydroxyl groups is 1. The third kappa shape index (κ3) is 10.0. The Morgan fingerprint density at radius 1 is 1.04 bits per heavy atom. The van der Waals surface area contributed by atoms with Crippen LogP contribution < -0.4 is 21.7 Å². The number of aliphatic hydroxyl groups excluding tert-OH is 1. The first-order valence-corrected chi connectivity index (χ1v) is 20.9. The second-order valence-electron chi connectivity index (χ2n) is 13.4. The summed E-state index contributed by atoms with van der Waals surface area (Å²) in [6.45, 7) is 5.37. The third-order valence-electron chi connectivity index (χ3n) is 9.15. The predicted octanol–water partition coefficient (Wildman–Crippen LogP) is 3.64. The first-order valence-electron chi connectivity index (χ1n) is 16.3. The lowest BCUT2D eigenvalue weighted by molar-refractivity contribution is -0.131. The molecule has 3 aliphatic rings. The summed E-state index contributed by atoms with van der Waals surface area (Å²) in [7, 11) is 6.06. The molecular weight excluding hydrogens is 653 g/mol. The Labute approximate surface area is 284 Å². The van der Waals surface area contributed by atoms with Gasteiger partial charge in [0.05, 0.1) is 12.5 Å². The van der Waals surface area contributed by atoms with Crippen molar-refractivity contribution in [2.75, 3.05) is 6.54 Å². The molecule has 2 amide bonds. The molecule has 1 aliphatic carbocycles. The number of hydrogen-bond donors (Lipinski definition) is 5. The molecule has 6 atom stereocenters. The lowest BCUT2D eigenvalue weighted by Gasteiger charge is -2.35. The molecule has 10 nitrogen and oxygen atoms in total. The number of rotatable bonds is 15. The van der Waals surface area contributed by atoms with Crippen molar-refractivity contribution in [3.05, 3.63) is 59.4 Å². The monoisotopic (exact) mass is 704 g/mol. The minimum Gasteiger partial charge on any atom is -0.391 e.